The molecule has 0 spiro atoms. The van der Waals surface area contributed by atoms with Gasteiger partial charge in [-0.15, -0.1) is 0 Å². The van der Waals surface area contributed by atoms with Crippen molar-refractivity contribution in [3.05, 3.63) is 83.6 Å². The van der Waals surface area contributed by atoms with Gasteiger partial charge in [-0.2, -0.15) is 0 Å². The number of aromatic nitrogens is 3. The summed E-state index contributed by atoms with van der Waals surface area (Å²) in [6.07, 6.45) is 3.79. The van der Waals surface area contributed by atoms with E-state index in [1.165, 1.54) is 29.8 Å². The second kappa shape index (κ2) is 6.60. The van der Waals surface area contributed by atoms with E-state index in [0.29, 0.717) is 16.8 Å². The lowest BCUT2D eigenvalue weighted by atomic mass is 10.1. The number of sulfonamides is 1. The summed E-state index contributed by atoms with van der Waals surface area (Å²) < 4.78 is 36.6. The van der Waals surface area contributed by atoms with Crippen LogP contribution in [-0.4, -0.2) is 22.4 Å². The van der Waals surface area contributed by atoms with Crippen LogP contribution >= 0.6 is 0 Å². The van der Waals surface area contributed by atoms with Gasteiger partial charge in [0.25, 0.3) is 10.0 Å². The highest BCUT2D eigenvalue weighted by molar-refractivity contribution is 7.92. The Morgan fingerprint density at radius 1 is 1.03 bits per heavy atom. The number of anilines is 1. The number of hydrogen-bond donors (Lipinski definition) is 1. The van der Waals surface area contributed by atoms with E-state index in [9.17, 15) is 13.2 Å². The fourth-order valence-electron chi connectivity index (χ4n) is 3.30. The summed E-state index contributed by atoms with van der Waals surface area (Å²) in [6, 6.07) is 17.0. The van der Waals surface area contributed by atoms with Gasteiger partial charge < -0.3 is 8.82 Å². The number of fused-ring (bicyclic) bond motifs is 2. The van der Waals surface area contributed by atoms with Gasteiger partial charge in [-0.05, 0) is 42.5 Å². The van der Waals surface area contributed by atoms with Crippen LogP contribution in [0.25, 0.3) is 28.0 Å². The molecule has 0 aliphatic heterocycles. The normalized spacial score (nSPS) is 11.9. The lowest BCUT2D eigenvalue weighted by Gasteiger charge is -2.09. The number of rotatable bonds is 4. The highest BCUT2D eigenvalue weighted by Gasteiger charge is 2.17. The van der Waals surface area contributed by atoms with Crippen LogP contribution in [0.1, 0.15) is 0 Å². The first-order valence-electron chi connectivity index (χ1n) is 9.07. The average Bonchev–Trinajstić information content (AvgIpc) is 3.29. The summed E-state index contributed by atoms with van der Waals surface area (Å²) in [6.45, 7) is 0. The zero-order valence-electron chi connectivity index (χ0n) is 15.8. The SMILES string of the molecule is Cn1c(=O)oc2ccc(S(=O)(=O)Nc3cccc(-c4cn5ccccc5n4)c3)cc21. The molecule has 8 nitrogen and oxygen atoms in total. The molecule has 5 rings (SSSR count). The van der Waals surface area contributed by atoms with Crippen molar-refractivity contribution < 1.29 is 12.8 Å². The third-order valence-electron chi connectivity index (χ3n) is 4.85. The van der Waals surface area contributed by atoms with Crippen LogP contribution in [-0.2, 0) is 17.1 Å². The topological polar surface area (TPSA) is 98.6 Å². The van der Waals surface area contributed by atoms with E-state index in [2.05, 4.69) is 9.71 Å². The maximum atomic E-state index is 12.9. The molecule has 2 aromatic carbocycles. The molecule has 0 unspecified atom stereocenters. The zero-order chi connectivity index (χ0) is 20.9. The Morgan fingerprint density at radius 2 is 1.90 bits per heavy atom. The molecule has 150 valence electrons. The Labute approximate surface area is 171 Å². The molecule has 0 aliphatic carbocycles. The summed E-state index contributed by atoms with van der Waals surface area (Å²) in [7, 11) is -2.34. The number of imidazole rings is 1. The van der Waals surface area contributed by atoms with Gasteiger partial charge in [0.15, 0.2) is 5.58 Å². The highest BCUT2D eigenvalue weighted by Crippen LogP contribution is 2.25. The van der Waals surface area contributed by atoms with Crippen LogP contribution in [0.4, 0.5) is 5.69 Å². The van der Waals surface area contributed by atoms with Crippen LogP contribution in [0.5, 0.6) is 0 Å². The molecule has 0 saturated carbocycles. The molecule has 30 heavy (non-hydrogen) atoms. The zero-order valence-corrected chi connectivity index (χ0v) is 16.6. The van der Waals surface area contributed by atoms with Crippen LogP contribution in [0, 0.1) is 0 Å². The van der Waals surface area contributed by atoms with Crippen molar-refractivity contribution in [1.29, 1.82) is 0 Å². The van der Waals surface area contributed by atoms with Gasteiger partial charge in [0.1, 0.15) is 5.65 Å². The first-order valence-corrected chi connectivity index (χ1v) is 10.6. The number of pyridine rings is 1. The first-order chi connectivity index (χ1) is 14.4. The lowest BCUT2D eigenvalue weighted by Crippen LogP contribution is -2.13. The van der Waals surface area contributed by atoms with Crippen molar-refractivity contribution in [2.45, 2.75) is 4.90 Å². The minimum absolute atomic E-state index is 0.0320. The second-order valence-corrected chi connectivity index (χ2v) is 8.52. The van der Waals surface area contributed by atoms with E-state index >= 15 is 0 Å². The van der Waals surface area contributed by atoms with Crippen LogP contribution < -0.4 is 10.5 Å². The van der Waals surface area contributed by atoms with E-state index in [1.54, 1.807) is 18.2 Å². The molecule has 0 amide bonds. The van der Waals surface area contributed by atoms with Crippen LogP contribution in [0.2, 0.25) is 0 Å². The predicted octanol–water partition coefficient (Wildman–Crippen LogP) is 3.25. The summed E-state index contributed by atoms with van der Waals surface area (Å²) in [5.74, 6) is -0.548. The number of oxazole rings is 1. The molecule has 0 saturated heterocycles. The Kier molecular flexibility index (Phi) is 4.00. The van der Waals surface area contributed by atoms with E-state index in [1.807, 2.05) is 41.1 Å². The second-order valence-electron chi connectivity index (χ2n) is 6.84. The number of benzene rings is 2. The monoisotopic (exact) mass is 420 g/mol. The summed E-state index contributed by atoms with van der Waals surface area (Å²) in [5.41, 5.74) is 3.46. The van der Waals surface area contributed by atoms with Gasteiger partial charge in [0, 0.05) is 30.7 Å². The largest absolute Gasteiger partial charge is 0.419 e. The summed E-state index contributed by atoms with van der Waals surface area (Å²) in [4.78, 5) is 16.3. The molecule has 0 atom stereocenters. The molecular formula is C21H16N4O4S. The smallest absolute Gasteiger partial charge is 0.408 e. The number of aryl methyl sites for hydroxylation is 1. The van der Waals surface area contributed by atoms with Gasteiger partial charge in [0.2, 0.25) is 0 Å². The van der Waals surface area contributed by atoms with E-state index in [0.717, 1.165) is 16.9 Å². The molecule has 3 heterocycles. The Bertz CT molecular complexity index is 1540. The molecule has 0 fully saturated rings. The van der Waals surface area contributed by atoms with Crippen molar-refractivity contribution in [3.8, 4) is 11.3 Å². The fraction of sp³-hybridized carbons (Fsp3) is 0.0476. The lowest BCUT2D eigenvalue weighted by molar-refractivity contribution is 0.528. The van der Waals surface area contributed by atoms with E-state index in [-0.39, 0.29) is 4.90 Å². The predicted molar refractivity (Wildman–Crippen MR) is 113 cm³/mol. The van der Waals surface area contributed by atoms with Gasteiger partial charge in [-0.1, -0.05) is 18.2 Å². The number of nitrogens with one attached hydrogen (secondary N) is 1. The van der Waals surface area contributed by atoms with Crippen molar-refractivity contribution in [1.82, 2.24) is 14.0 Å². The first kappa shape index (κ1) is 18.2. The Hall–Kier alpha value is -3.85. The standard InChI is InChI=1S/C21H16N4O4S/c1-24-18-12-16(8-9-19(18)29-21(24)26)30(27,28)23-15-6-4-5-14(11-15)17-13-25-10-3-2-7-20(25)22-17/h2-13,23H,1H3. The van der Waals surface area contributed by atoms with Crippen LogP contribution in [0.15, 0.2) is 87.2 Å². The van der Waals surface area contributed by atoms with Gasteiger partial charge in [-0.3, -0.25) is 9.29 Å². The van der Waals surface area contributed by atoms with E-state index in [4.69, 9.17) is 4.42 Å². The van der Waals surface area contributed by atoms with Gasteiger partial charge >= 0.3 is 5.76 Å². The molecule has 0 radical (unpaired) electrons. The Balaban J connectivity index is 1.50. The Morgan fingerprint density at radius 3 is 2.73 bits per heavy atom. The third-order valence-corrected chi connectivity index (χ3v) is 6.23. The summed E-state index contributed by atoms with van der Waals surface area (Å²) in [5, 5.41) is 0. The number of hydrogen-bond acceptors (Lipinski definition) is 5. The molecule has 0 aliphatic rings. The molecular weight excluding hydrogens is 404 g/mol. The number of nitrogens with zero attached hydrogens (tertiary/aromatic N) is 3. The maximum Gasteiger partial charge on any atom is 0.419 e. The molecule has 1 N–H and O–H groups in total. The quantitative estimate of drug-likeness (QED) is 0.481. The molecule has 0 bridgehead atoms. The van der Waals surface area contributed by atoms with Crippen molar-refractivity contribution in [3.63, 3.8) is 0 Å². The molecule has 9 heteroatoms. The molecule has 5 aromatic rings. The maximum absolute atomic E-state index is 12.9. The van der Waals surface area contributed by atoms with Crippen LogP contribution in [0.3, 0.4) is 0 Å². The van der Waals surface area contributed by atoms with Crippen molar-refractivity contribution in [2.75, 3.05) is 4.72 Å². The van der Waals surface area contributed by atoms with E-state index < -0.39 is 15.8 Å². The minimum atomic E-state index is -3.87. The fourth-order valence-corrected chi connectivity index (χ4v) is 4.37. The van der Waals surface area contributed by atoms with Crippen molar-refractivity contribution >= 4 is 32.5 Å². The minimum Gasteiger partial charge on any atom is -0.408 e. The third kappa shape index (κ3) is 3.05. The van der Waals surface area contributed by atoms with Gasteiger partial charge in [-0.25, -0.2) is 18.2 Å². The summed E-state index contributed by atoms with van der Waals surface area (Å²) >= 11 is 0. The average molecular weight is 420 g/mol. The van der Waals surface area contributed by atoms with Crippen molar-refractivity contribution in [2.24, 2.45) is 7.05 Å². The highest BCUT2D eigenvalue weighted by atomic mass is 32.2. The molecule has 3 aromatic heterocycles. The van der Waals surface area contributed by atoms with Gasteiger partial charge in [0.05, 0.1) is 16.1 Å².